The Morgan fingerprint density at radius 2 is 2.08 bits per heavy atom. The Bertz CT molecular complexity index is 182. The molecule has 1 atom stereocenters. The van der Waals surface area contributed by atoms with Gasteiger partial charge in [0.15, 0.2) is 0 Å². The third-order valence-corrected chi connectivity index (χ3v) is 3.11. The average molecular weight is 181 g/mol. The van der Waals surface area contributed by atoms with E-state index >= 15 is 0 Å². The summed E-state index contributed by atoms with van der Waals surface area (Å²) < 4.78 is 0. The summed E-state index contributed by atoms with van der Waals surface area (Å²) in [6, 6.07) is 0.759. The lowest BCUT2D eigenvalue weighted by molar-refractivity contribution is 0.450. The predicted octanol–water partition coefficient (Wildman–Crippen LogP) is 3.27. The van der Waals surface area contributed by atoms with Crippen LogP contribution in [0.1, 0.15) is 52.9 Å². The van der Waals surface area contributed by atoms with Gasteiger partial charge in [-0.3, -0.25) is 0 Å². The summed E-state index contributed by atoms with van der Waals surface area (Å²) in [5.74, 6) is 0. The summed E-state index contributed by atoms with van der Waals surface area (Å²) in [7, 11) is 0. The number of hydrogen-bond donors (Lipinski definition) is 1. The highest BCUT2D eigenvalue weighted by molar-refractivity contribution is 5.14. The molecule has 0 heterocycles. The van der Waals surface area contributed by atoms with Crippen molar-refractivity contribution in [2.45, 2.75) is 58.9 Å². The van der Waals surface area contributed by atoms with Crippen molar-refractivity contribution in [1.82, 2.24) is 5.32 Å². The number of nitrogens with one attached hydrogen (secondary N) is 1. The first-order valence-electron chi connectivity index (χ1n) is 5.62. The molecular weight excluding hydrogens is 158 g/mol. The van der Waals surface area contributed by atoms with E-state index in [1.54, 1.807) is 11.1 Å². The Morgan fingerprint density at radius 1 is 1.31 bits per heavy atom. The fourth-order valence-electron chi connectivity index (χ4n) is 1.91. The Kier molecular flexibility index (Phi) is 4.51. The summed E-state index contributed by atoms with van der Waals surface area (Å²) in [6.07, 6.45) is 6.53. The van der Waals surface area contributed by atoms with E-state index in [4.69, 9.17) is 0 Å². The Hall–Kier alpha value is -0.300. The van der Waals surface area contributed by atoms with Crippen LogP contribution >= 0.6 is 0 Å². The van der Waals surface area contributed by atoms with E-state index in [0.29, 0.717) is 0 Å². The molecule has 0 spiro atoms. The minimum atomic E-state index is 0.759. The molecule has 0 aromatic carbocycles. The molecule has 13 heavy (non-hydrogen) atoms. The molecule has 0 saturated heterocycles. The molecule has 1 rings (SSSR count). The van der Waals surface area contributed by atoms with Crippen molar-refractivity contribution in [3.05, 3.63) is 11.1 Å². The highest BCUT2D eigenvalue weighted by Crippen LogP contribution is 2.23. The fourth-order valence-corrected chi connectivity index (χ4v) is 1.91. The van der Waals surface area contributed by atoms with E-state index in [-0.39, 0.29) is 0 Å². The van der Waals surface area contributed by atoms with Gasteiger partial charge in [-0.2, -0.15) is 0 Å². The summed E-state index contributed by atoms with van der Waals surface area (Å²) in [5, 5.41) is 3.64. The zero-order valence-electron chi connectivity index (χ0n) is 9.32. The van der Waals surface area contributed by atoms with Crippen molar-refractivity contribution < 1.29 is 0 Å². The second-order valence-corrected chi connectivity index (χ2v) is 4.31. The van der Waals surface area contributed by atoms with E-state index in [1.807, 2.05) is 0 Å². The van der Waals surface area contributed by atoms with E-state index in [1.165, 1.54) is 38.6 Å². The third-order valence-electron chi connectivity index (χ3n) is 3.11. The number of allylic oxidation sites excluding steroid dienone is 1. The van der Waals surface area contributed by atoms with Gasteiger partial charge in [0.1, 0.15) is 0 Å². The summed E-state index contributed by atoms with van der Waals surface area (Å²) in [4.78, 5) is 0. The van der Waals surface area contributed by atoms with Crippen molar-refractivity contribution in [3.63, 3.8) is 0 Å². The van der Waals surface area contributed by atoms with E-state index < -0.39 is 0 Å². The van der Waals surface area contributed by atoms with Crippen LogP contribution in [0.15, 0.2) is 11.1 Å². The maximum absolute atomic E-state index is 3.64. The van der Waals surface area contributed by atoms with Crippen molar-refractivity contribution in [2.75, 3.05) is 6.54 Å². The molecular formula is C12H23N. The second kappa shape index (κ2) is 5.43. The molecule has 1 aliphatic carbocycles. The number of unbranched alkanes of at least 4 members (excludes halogenated alkanes) is 1. The van der Waals surface area contributed by atoms with Crippen molar-refractivity contribution in [1.29, 1.82) is 0 Å². The summed E-state index contributed by atoms with van der Waals surface area (Å²) in [6.45, 7) is 8.01. The average Bonchev–Trinajstić information content (AvgIpc) is 2.12. The zero-order chi connectivity index (χ0) is 9.68. The predicted molar refractivity (Wildman–Crippen MR) is 58.9 cm³/mol. The second-order valence-electron chi connectivity index (χ2n) is 4.31. The van der Waals surface area contributed by atoms with Crippen LogP contribution in [0, 0.1) is 0 Å². The van der Waals surface area contributed by atoms with Gasteiger partial charge in [0.25, 0.3) is 0 Å². The van der Waals surface area contributed by atoms with Crippen LogP contribution in [0.3, 0.4) is 0 Å². The standard InChI is InChI=1S/C12H23N/c1-4-5-8-13-12-7-6-10(2)11(3)9-12/h12-13H,4-9H2,1-3H3. The van der Waals surface area contributed by atoms with Gasteiger partial charge in [-0.15, -0.1) is 0 Å². The van der Waals surface area contributed by atoms with Gasteiger partial charge >= 0.3 is 0 Å². The quantitative estimate of drug-likeness (QED) is 0.518. The molecule has 0 bridgehead atoms. The minimum Gasteiger partial charge on any atom is -0.314 e. The molecule has 1 N–H and O–H groups in total. The first-order valence-corrected chi connectivity index (χ1v) is 5.62. The Morgan fingerprint density at radius 3 is 2.69 bits per heavy atom. The monoisotopic (exact) mass is 181 g/mol. The van der Waals surface area contributed by atoms with Crippen LogP contribution in [0.2, 0.25) is 0 Å². The molecule has 0 aliphatic heterocycles. The first-order chi connectivity index (χ1) is 6.24. The fraction of sp³-hybridized carbons (Fsp3) is 0.833. The molecule has 0 fully saturated rings. The third kappa shape index (κ3) is 3.51. The van der Waals surface area contributed by atoms with Crippen LogP contribution in [0.25, 0.3) is 0 Å². The normalized spacial score (nSPS) is 23.8. The zero-order valence-corrected chi connectivity index (χ0v) is 9.32. The van der Waals surface area contributed by atoms with E-state index in [9.17, 15) is 0 Å². The maximum atomic E-state index is 3.64. The molecule has 76 valence electrons. The van der Waals surface area contributed by atoms with Crippen molar-refractivity contribution >= 4 is 0 Å². The van der Waals surface area contributed by atoms with Crippen LogP contribution in [0.5, 0.6) is 0 Å². The molecule has 0 radical (unpaired) electrons. The summed E-state index contributed by atoms with van der Waals surface area (Å²) >= 11 is 0. The SMILES string of the molecule is CCCCNC1CCC(C)=C(C)C1. The molecule has 0 aromatic rings. The molecule has 1 unspecified atom stereocenters. The highest BCUT2D eigenvalue weighted by atomic mass is 14.9. The van der Waals surface area contributed by atoms with E-state index in [2.05, 4.69) is 26.1 Å². The minimum absolute atomic E-state index is 0.759. The highest BCUT2D eigenvalue weighted by Gasteiger charge is 2.14. The van der Waals surface area contributed by atoms with Gasteiger partial charge < -0.3 is 5.32 Å². The lowest BCUT2D eigenvalue weighted by Crippen LogP contribution is -2.32. The first kappa shape index (κ1) is 10.8. The molecule has 0 amide bonds. The smallest absolute Gasteiger partial charge is 0.0107 e. The molecule has 1 nitrogen and oxygen atoms in total. The van der Waals surface area contributed by atoms with Gasteiger partial charge in [-0.1, -0.05) is 24.5 Å². The number of rotatable bonds is 4. The maximum Gasteiger partial charge on any atom is 0.0107 e. The van der Waals surface area contributed by atoms with Gasteiger partial charge in [0.05, 0.1) is 0 Å². The van der Waals surface area contributed by atoms with Crippen LogP contribution in [0.4, 0.5) is 0 Å². The van der Waals surface area contributed by atoms with Gasteiger partial charge in [0.2, 0.25) is 0 Å². The lowest BCUT2D eigenvalue weighted by Gasteiger charge is -2.25. The largest absolute Gasteiger partial charge is 0.314 e. The van der Waals surface area contributed by atoms with Crippen molar-refractivity contribution in [3.8, 4) is 0 Å². The molecule has 1 aliphatic rings. The Balaban J connectivity index is 2.24. The van der Waals surface area contributed by atoms with Crippen LogP contribution < -0.4 is 5.32 Å². The van der Waals surface area contributed by atoms with Gasteiger partial charge in [-0.25, -0.2) is 0 Å². The Labute approximate surface area is 82.6 Å². The van der Waals surface area contributed by atoms with E-state index in [0.717, 1.165) is 6.04 Å². The number of hydrogen-bond acceptors (Lipinski definition) is 1. The van der Waals surface area contributed by atoms with Crippen LogP contribution in [-0.4, -0.2) is 12.6 Å². The van der Waals surface area contributed by atoms with Crippen LogP contribution in [-0.2, 0) is 0 Å². The van der Waals surface area contributed by atoms with Crippen molar-refractivity contribution in [2.24, 2.45) is 0 Å². The summed E-state index contributed by atoms with van der Waals surface area (Å²) in [5.41, 5.74) is 3.23. The molecule has 0 saturated carbocycles. The lowest BCUT2D eigenvalue weighted by atomic mass is 9.90. The van der Waals surface area contributed by atoms with Gasteiger partial charge in [-0.05, 0) is 46.1 Å². The van der Waals surface area contributed by atoms with Gasteiger partial charge in [0, 0.05) is 6.04 Å². The molecule has 1 heteroatoms. The topological polar surface area (TPSA) is 12.0 Å². The molecule has 0 aromatic heterocycles.